The van der Waals surface area contributed by atoms with Gasteiger partial charge in [-0.15, -0.1) is 0 Å². The average molecular weight is 336 g/mol. The largest absolute Gasteiger partial charge is 0.379 e. The van der Waals surface area contributed by atoms with Gasteiger partial charge in [0.1, 0.15) is 0 Å². The molecule has 0 radical (unpaired) electrons. The Morgan fingerprint density at radius 2 is 2.00 bits per heavy atom. The topological polar surface area (TPSA) is 101 Å². The van der Waals surface area contributed by atoms with Gasteiger partial charge < -0.3 is 20.1 Å². The van der Waals surface area contributed by atoms with Gasteiger partial charge in [0.2, 0.25) is 10.0 Å². The van der Waals surface area contributed by atoms with Gasteiger partial charge in [0.25, 0.3) is 0 Å². The van der Waals surface area contributed by atoms with Gasteiger partial charge in [-0.1, -0.05) is 0 Å². The number of ether oxygens (including phenoxy) is 2. The summed E-state index contributed by atoms with van der Waals surface area (Å²) in [5, 5.41) is 6.32. The van der Waals surface area contributed by atoms with Gasteiger partial charge in [0.05, 0.1) is 19.0 Å². The van der Waals surface area contributed by atoms with Gasteiger partial charge in [-0.2, -0.15) is 0 Å². The number of aliphatic imine (C=N–C) groups is 1. The van der Waals surface area contributed by atoms with Crippen LogP contribution in [0.3, 0.4) is 0 Å². The molecule has 1 saturated heterocycles. The molecular formula is C13H28N4O4S. The van der Waals surface area contributed by atoms with E-state index >= 15 is 0 Å². The molecule has 22 heavy (non-hydrogen) atoms. The standard InChI is InChI=1S/C13H28N4O4S/c1-14-13(15-6-3-8-17-22(2,18)19)16-7-4-9-21-12-5-10-20-11-12/h12,17H,3-11H2,1-2H3,(H2,14,15,16). The summed E-state index contributed by atoms with van der Waals surface area (Å²) < 4.78 is 35.2. The van der Waals surface area contributed by atoms with E-state index in [1.165, 1.54) is 0 Å². The summed E-state index contributed by atoms with van der Waals surface area (Å²) in [5.74, 6) is 0.712. The van der Waals surface area contributed by atoms with Gasteiger partial charge in [0.15, 0.2) is 5.96 Å². The van der Waals surface area contributed by atoms with Crippen LogP contribution in [0.4, 0.5) is 0 Å². The van der Waals surface area contributed by atoms with Crippen LogP contribution in [0, 0.1) is 0 Å². The Hall–Kier alpha value is -0.900. The summed E-state index contributed by atoms with van der Waals surface area (Å²) in [6.07, 6.45) is 3.98. The zero-order chi connectivity index (χ0) is 16.3. The normalized spacial score (nSPS) is 19.4. The maximum absolute atomic E-state index is 10.9. The molecule has 1 aliphatic heterocycles. The highest BCUT2D eigenvalue weighted by molar-refractivity contribution is 7.88. The molecule has 0 saturated carbocycles. The van der Waals surface area contributed by atoms with Crippen molar-refractivity contribution in [1.82, 2.24) is 15.4 Å². The molecule has 1 unspecified atom stereocenters. The number of hydrogen-bond acceptors (Lipinski definition) is 5. The predicted octanol–water partition coefficient (Wildman–Crippen LogP) is -0.714. The fourth-order valence-corrected chi connectivity index (χ4v) is 2.46. The van der Waals surface area contributed by atoms with Crippen molar-refractivity contribution in [2.45, 2.75) is 25.4 Å². The van der Waals surface area contributed by atoms with Crippen LogP contribution in [-0.4, -0.2) is 73.2 Å². The maximum Gasteiger partial charge on any atom is 0.208 e. The lowest BCUT2D eigenvalue weighted by Crippen LogP contribution is -2.39. The first-order valence-electron chi connectivity index (χ1n) is 7.60. The Morgan fingerprint density at radius 3 is 2.59 bits per heavy atom. The highest BCUT2D eigenvalue weighted by Gasteiger charge is 2.15. The summed E-state index contributed by atoms with van der Waals surface area (Å²) in [6, 6.07) is 0. The third kappa shape index (κ3) is 9.93. The molecule has 1 heterocycles. The van der Waals surface area contributed by atoms with Crippen LogP contribution < -0.4 is 15.4 Å². The maximum atomic E-state index is 10.9. The fraction of sp³-hybridized carbons (Fsp3) is 0.923. The van der Waals surface area contributed by atoms with Crippen molar-refractivity contribution in [2.24, 2.45) is 4.99 Å². The molecule has 0 aromatic heterocycles. The zero-order valence-corrected chi connectivity index (χ0v) is 14.2. The van der Waals surface area contributed by atoms with E-state index in [2.05, 4.69) is 20.3 Å². The van der Waals surface area contributed by atoms with E-state index in [4.69, 9.17) is 9.47 Å². The van der Waals surface area contributed by atoms with Gasteiger partial charge in [-0.25, -0.2) is 13.1 Å². The number of guanidine groups is 1. The van der Waals surface area contributed by atoms with Crippen molar-refractivity contribution >= 4 is 16.0 Å². The Labute approximate surface area is 133 Å². The van der Waals surface area contributed by atoms with Crippen molar-refractivity contribution in [2.75, 3.05) is 52.8 Å². The smallest absolute Gasteiger partial charge is 0.208 e. The fourth-order valence-electron chi connectivity index (χ4n) is 1.95. The summed E-state index contributed by atoms with van der Waals surface area (Å²) in [6.45, 7) is 4.05. The van der Waals surface area contributed by atoms with Gasteiger partial charge in [-0.3, -0.25) is 4.99 Å². The monoisotopic (exact) mass is 336 g/mol. The molecule has 9 heteroatoms. The van der Waals surface area contributed by atoms with Crippen LogP contribution in [0.25, 0.3) is 0 Å². The SMILES string of the molecule is CN=C(NCCCNS(C)(=O)=O)NCCCOC1CCOC1. The van der Waals surface area contributed by atoms with Crippen LogP contribution in [-0.2, 0) is 19.5 Å². The molecule has 1 rings (SSSR count). The van der Waals surface area contributed by atoms with Crippen LogP contribution in [0.5, 0.6) is 0 Å². The van der Waals surface area contributed by atoms with Crippen molar-refractivity contribution in [3.05, 3.63) is 0 Å². The minimum Gasteiger partial charge on any atom is -0.379 e. The number of hydrogen-bond donors (Lipinski definition) is 3. The molecule has 0 amide bonds. The van der Waals surface area contributed by atoms with Crippen LogP contribution >= 0.6 is 0 Å². The Morgan fingerprint density at radius 1 is 1.27 bits per heavy atom. The van der Waals surface area contributed by atoms with E-state index < -0.39 is 10.0 Å². The van der Waals surface area contributed by atoms with E-state index in [0.29, 0.717) is 38.7 Å². The van der Waals surface area contributed by atoms with Gasteiger partial charge >= 0.3 is 0 Å². The number of rotatable bonds is 10. The summed E-state index contributed by atoms with van der Waals surface area (Å²) >= 11 is 0. The van der Waals surface area contributed by atoms with E-state index in [0.717, 1.165) is 32.2 Å². The second kappa shape index (κ2) is 10.8. The molecule has 3 N–H and O–H groups in total. The summed E-state index contributed by atoms with van der Waals surface area (Å²) in [5.41, 5.74) is 0. The zero-order valence-electron chi connectivity index (χ0n) is 13.4. The predicted molar refractivity (Wildman–Crippen MR) is 86.6 cm³/mol. The average Bonchev–Trinajstić information content (AvgIpc) is 2.96. The first-order chi connectivity index (χ1) is 10.5. The second-order valence-corrected chi connectivity index (χ2v) is 6.99. The molecule has 8 nitrogen and oxygen atoms in total. The molecule has 1 atom stereocenters. The molecule has 0 spiro atoms. The van der Waals surface area contributed by atoms with E-state index in [1.54, 1.807) is 7.05 Å². The first-order valence-corrected chi connectivity index (χ1v) is 9.49. The van der Waals surface area contributed by atoms with Crippen molar-refractivity contribution in [1.29, 1.82) is 0 Å². The lowest BCUT2D eigenvalue weighted by atomic mass is 10.3. The van der Waals surface area contributed by atoms with Crippen LogP contribution in [0.1, 0.15) is 19.3 Å². The number of sulfonamides is 1. The molecule has 0 aromatic rings. The molecular weight excluding hydrogens is 308 g/mol. The lowest BCUT2D eigenvalue weighted by Gasteiger charge is -2.13. The highest BCUT2D eigenvalue weighted by atomic mass is 32.2. The van der Waals surface area contributed by atoms with Gasteiger partial charge in [-0.05, 0) is 19.3 Å². The summed E-state index contributed by atoms with van der Waals surface area (Å²) in [4.78, 5) is 4.10. The van der Waals surface area contributed by atoms with E-state index in [1.807, 2.05) is 0 Å². The van der Waals surface area contributed by atoms with E-state index in [-0.39, 0.29) is 6.10 Å². The van der Waals surface area contributed by atoms with Crippen molar-refractivity contribution < 1.29 is 17.9 Å². The lowest BCUT2D eigenvalue weighted by molar-refractivity contribution is 0.0420. The minimum absolute atomic E-state index is 0.250. The Bertz CT molecular complexity index is 422. The van der Waals surface area contributed by atoms with Gasteiger partial charge in [0, 0.05) is 39.9 Å². The van der Waals surface area contributed by atoms with Crippen LogP contribution in [0.2, 0.25) is 0 Å². The molecule has 0 bridgehead atoms. The molecule has 1 aliphatic rings. The summed E-state index contributed by atoms with van der Waals surface area (Å²) in [7, 11) is -1.40. The third-order valence-electron chi connectivity index (χ3n) is 3.09. The minimum atomic E-state index is -3.10. The van der Waals surface area contributed by atoms with E-state index in [9.17, 15) is 8.42 Å². The van der Waals surface area contributed by atoms with Crippen molar-refractivity contribution in [3.8, 4) is 0 Å². The second-order valence-electron chi connectivity index (χ2n) is 5.16. The molecule has 0 aromatic carbocycles. The van der Waals surface area contributed by atoms with Crippen LogP contribution in [0.15, 0.2) is 4.99 Å². The first kappa shape index (κ1) is 19.1. The number of nitrogens with one attached hydrogen (secondary N) is 3. The molecule has 130 valence electrons. The van der Waals surface area contributed by atoms with Crippen molar-refractivity contribution in [3.63, 3.8) is 0 Å². The highest BCUT2D eigenvalue weighted by Crippen LogP contribution is 2.07. The Kier molecular flexibility index (Phi) is 9.37. The molecule has 0 aliphatic carbocycles. The quantitative estimate of drug-likeness (QED) is 0.277. The number of nitrogens with zero attached hydrogens (tertiary/aromatic N) is 1. The Balaban J connectivity index is 1.97. The third-order valence-corrected chi connectivity index (χ3v) is 3.82. The molecule has 1 fully saturated rings.